The van der Waals surface area contributed by atoms with Crippen molar-refractivity contribution in [3.8, 4) is 5.75 Å². The molecule has 3 rings (SSSR count). The van der Waals surface area contributed by atoms with Gasteiger partial charge in [0, 0.05) is 30.6 Å². The minimum absolute atomic E-state index is 0.00814. The molecule has 1 N–H and O–H groups in total. The first-order valence-corrected chi connectivity index (χ1v) is 12.5. The first-order chi connectivity index (χ1) is 14.9. The highest BCUT2D eigenvalue weighted by Crippen LogP contribution is 2.24. The summed E-state index contributed by atoms with van der Waals surface area (Å²) in [5.41, 5.74) is 1.77. The maximum Gasteiger partial charge on any atom is 0.223 e. The molecule has 0 unspecified atom stereocenters. The summed E-state index contributed by atoms with van der Waals surface area (Å²) in [6.45, 7) is 1.31. The average molecular weight is 465 g/mol. The van der Waals surface area contributed by atoms with Crippen molar-refractivity contribution in [3.05, 3.63) is 64.7 Å². The van der Waals surface area contributed by atoms with Crippen LogP contribution in [0.4, 0.5) is 0 Å². The molecule has 2 aromatic rings. The second-order valence-corrected chi connectivity index (χ2v) is 10.1. The molecule has 6 nitrogen and oxygen atoms in total. The van der Waals surface area contributed by atoms with Crippen molar-refractivity contribution >= 4 is 27.5 Å². The van der Waals surface area contributed by atoms with Crippen LogP contribution in [0.5, 0.6) is 5.75 Å². The van der Waals surface area contributed by atoms with Crippen LogP contribution in [0, 0.1) is 5.92 Å². The third-order valence-electron chi connectivity index (χ3n) is 5.59. The molecule has 168 valence electrons. The first kappa shape index (κ1) is 23.6. The van der Waals surface area contributed by atoms with Crippen LogP contribution in [0.15, 0.2) is 48.5 Å². The van der Waals surface area contributed by atoms with Crippen molar-refractivity contribution in [2.24, 2.45) is 5.92 Å². The van der Waals surface area contributed by atoms with Gasteiger partial charge in [-0.2, -0.15) is 0 Å². The van der Waals surface area contributed by atoms with Crippen LogP contribution < -0.4 is 10.1 Å². The number of hydrogen-bond acceptors (Lipinski definition) is 4. The van der Waals surface area contributed by atoms with E-state index in [0.29, 0.717) is 43.1 Å². The van der Waals surface area contributed by atoms with E-state index in [2.05, 4.69) is 5.32 Å². The van der Waals surface area contributed by atoms with E-state index in [9.17, 15) is 13.2 Å². The third-order valence-corrected chi connectivity index (χ3v) is 7.79. The van der Waals surface area contributed by atoms with E-state index >= 15 is 0 Å². The summed E-state index contributed by atoms with van der Waals surface area (Å²) in [6.07, 6.45) is 2.76. The van der Waals surface area contributed by atoms with Gasteiger partial charge in [-0.1, -0.05) is 41.9 Å². The summed E-state index contributed by atoms with van der Waals surface area (Å²) in [6, 6.07) is 14.9. The van der Waals surface area contributed by atoms with E-state index in [-0.39, 0.29) is 17.6 Å². The molecule has 0 saturated carbocycles. The molecular formula is C23H29ClN2O4S. The molecule has 0 bridgehead atoms. The Labute approximate surface area is 189 Å². The first-order valence-electron chi connectivity index (χ1n) is 10.5. The summed E-state index contributed by atoms with van der Waals surface area (Å²) in [7, 11) is -1.81. The molecule has 2 aromatic carbocycles. The smallest absolute Gasteiger partial charge is 0.223 e. The fourth-order valence-corrected chi connectivity index (χ4v) is 5.65. The van der Waals surface area contributed by atoms with Crippen LogP contribution in [0.25, 0.3) is 0 Å². The monoisotopic (exact) mass is 464 g/mol. The molecule has 0 atom stereocenters. The molecule has 0 spiro atoms. The Kier molecular flexibility index (Phi) is 8.35. The summed E-state index contributed by atoms with van der Waals surface area (Å²) >= 11 is 6.11. The third kappa shape index (κ3) is 6.69. The van der Waals surface area contributed by atoms with Gasteiger partial charge in [-0.05, 0) is 55.0 Å². The maximum atomic E-state index is 12.7. The number of hydrogen-bond donors (Lipinski definition) is 1. The number of sulfonamides is 1. The van der Waals surface area contributed by atoms with Crippen LogP contribution >= 0.6 is 11.6 Å². The molecular weight excluding hydrogens is 436 g/mol. The molecule has 1 saturated heterocycles. The molecule has 31 heavy (non-hydrogen) atoms. The number of carbonyl (C=O) groups excluding carboxylic acids is 1. The molecule has 1 amide bonds. The maximum absolute atomic E-state index is 12.7. The number of rotatable bonds is 9. The SMILES string of the molecule is COc1cccc(CCCNC(=O)C2CCN(S(=O)(=O)Cc3ccccc3Cl)CC2)c1. The van der Waals surface area contributed by atoms with Crippen LogP contribution in [-0.4, -0.2) is 45.4 Å². The molecule has 1 aliphatic rings. The zero-order valence-corrected chi connectivity index (χ0v) is 19.3. The molecule has 0 aromatic heterocycles. The second kappa shape index (κ2) is 11.0. The molecule has 0 radical (unpaired) electrons. The van der Waals surface area contributed by atoms with Gasteiger partial charge < -0.3 is 10.1 Å². The molecule has 8 heteroatoms. The van der Waals surface area contributed by atoms with Crippen molar-refractivity contribution in [2.75, 3.05) is 26.7 Å². The Morgan fingerprint density at radius 3 is 2.61 bits per heavy atom. The Morgan fingerprint density at radius 1 is 1.16 bits per heavy atom. The number of amides is 1. The molecule has 1 aliphatic heterocycles. The van der Waals surface area contributed by atoms with Crippen molar-refractivity contribution in [3.63, 3.8) is 0 Å². The highest BCUT2D eigenvalue weighted by atomic mass is 35.5. The Balaban J connectivity index is 1.41. The van der Waals surface area contributed by atoms with E-state index in [1.165, 1.54) is 9.87 Å². The zero-order chi connectivity index (χ0) is 22.3. The van der Waals surface area contributed by atoms with Crippen LogP contribution in [-0.2, 0) is 27.0 Å². The number of ether oxygens (including phenoxy) is 1. The van der Waals surface area contributed by atoms with Crippen LogP contribution in [0.2, 0.25) is 5.02 Å². The van der Waals surface area contributed by atoms with Crippen molar-refractivity contribution < 1.29 is 17.9 Å². The Morgan fingerprint density at radius 2 is 1.90 bits per heavy atom. The average Bonchev–Trinajstić information content (AvgIpc) is 2.78. The van der Waals surface area contributed by atoms with E-state index in [0.717, 1.165) is 18.6 Å². The quantitative estimate of drug-likeness (QED) is 0.575. The van der Waals surface area contributed by atoms with E-state index in [4.69, 9.17) is 16.3 Å². The minimum atomic E-state index is -3.46. The number of nitrogens with zero attached hydrogens (tertiary/aromatic N) is 1. The highest BCUT2D eigenvalue weighted by Gasteiger charge is 2.31. The Bertz CT molecular complexity index is 989. The van der Waals surface area contributed by atoms with Crippen LogP contribution in [0.3, 0.4) is 0 Å². The van der Waals surface area contributed by atoms with Gasteiger partial charge in [-0.25, -0.2) is 12.7 Å². The number of nitrogens with one attached hydrogen (secondary N) is 1. The minimum Gasteiger partial charge on any atom is -0.497 e. The van der Waals surface area contributed by atoms with Crippen LogP contribution in [0.1, 0.15) is 30.4 Å². The van der Waals surface area contributed by atoms with Gasteiger partial charge in [0.1, 0.15) is 5.75 Å². The van der Waals surface area contributed by atoms with Crippen molar-refractivity contribution in [1.29, 1.82) is 0 Å². The lowest BCUT2D eigenvalue weighted by Crippen LogP contribution is -2.43. The van der Waals surface area contributed by atoms with Gasteiger partial charge >= 0.3 is 0 Å². The molecule has 1 heterocycles. The summed E-state index contributed by atoms with van der Waals surface area (Å²) < 4.78 is 32.2. The number of carbonyl (C=O) groups is 1. The van der Waals surface area contributed by atoms with Crippen molar-refractivity contribution in [2.45, 2.75) is 31.4 Å². The van der Waals surface area contributed by atoms with Crippen molar-refractivity contribution in [1.82, 2.24) is 9.62 Å². The van der Waals surface area contributed by atoms with Gasteiger partial charge in [-0.15, -0.1) is 0 Å². The number of piperidine rings is 1. The van der Waals surface area contributed by atoms with E-state index < -0.39 is 10.0 Å². The predicted octanol–water partition coefficient (Wildman–Crippen LogP) is 3.64. The predicted molar refractivity (Wildman–Crippen MR) is 123 cm³/mol. The normalized spacial score (nSPS) is 15.5. The lowest BCUT2D eigenvalue weighted by atomic mass is 9.97. The lowest BCUT2D eigenvalue weighted by Gasteiger charge is -2.30. The summed E-state index contributed by atoms with van der Waals surface area (Å²) in [5, 5.41) is 3.45. The zero-order valence-electron chi connectivity index (χ0n) is 17.7. The molecule has 1 fully saturated rings. The topological polar surface area (TPSA) is 75.7 Å². The van der Waals surface area contributed by atoms with Gasteiger partial charge in [0.25, 0.3) is 0 Å². The number of aryl methyl sites for hydroxylation is 1. The van der Waals surface area contributed by atoms with Gasteiger partial charge in [0.2, 0.25) is 15.9 Å². The van der Waals surface area contributed by atoms with E-state index in [1.54, 1.807) is 31.4 Å². The fourth-order valence-electron chi connectivity index (χ4n) is 3.78. The number of methoxy groups -OCH3 is 1. The second-order valence-electron chi connectivity index (χ2n) is 7.77. The van der Waals surface area contributed by atoms with Gasteiger partial charge in [0.15, 0.2) is 0 Å². The number of halogens is 1. The fraction of sp³-hybridized carbons (Fsp3) is 0.435. The number of benzene rings is 2. The summed E-state index contributed by atoms with van der Waals surface area (Å²) in [4.78, 5) is 12.5. The largest absolute Gasteiger partial charge is 0.497 e. The molecule has 0 aliphatic carbocycles. The highest BCUT2D eigenvalue weighted by molar-refractivity contribution is 7.88. The summed E-state index contributed by atoms with van der Waals surface area (Å²) in [5.74, 6) is 0.573. The van der Waals surface area contributed by atoms with Gasteiger partial charge in [-0.3, -0.25) is 4.79 Å². The lowest BCUT2D eigenvalue weighted by molar-refractivity contribution is -0.126. The van der Waals surface area contributed by atoms with E-state index in [1.807, 2.05) is 24.3 Å². The van der Waals surface area contributed by atoms with Gasteiger partial charge in [0.05, 0.1) is 12.9 Å². The Hall–Kier alpha value is -2.09. The standard InChI is InChI=1S/C23H29ClN2O4S/c1-30-21-9-4-6-18(16-21)7-5-13-25-23(27)19-11-14-26(15-12-19)31(28,29)17-20-8-2-3-10-22(20)24/h2-4,6,8-10,16,19H,5,7,11-15,17H2,1H3,(H,25,27).